The fourth-order valence-corrected chi connectivity index (χ4v) is 3.74. The second-order valence-electron chi connectivity index (χ2n) is 10.7. The monoisotopic (exact) mass is 668 g/mol. The maximum absolute atomic E-state index is 6.48. The molecule has 0 saturated heterocycles. The van der Waals surface area contributed by atoms with Crippen LogP contribution in [0.1, 0.15) is 47.1 Å². The summed E-state index contributed by atoms with van der Waals surface area (Å²) in [4.78, 5) is 7.98. The summed E-state index contributed by atoms with van der Waals surface area (Å²) >= 11 is 0. The summed E-state index contributed by atoms with van der Waals surface area (Å²) in [5.74, 6) is 2.21. The van der Waals surface area contributed by atoms with Crippen molar-refractivity contribution < 1.29 is 25.8 Å². The first kappa shape index (κ1) is 28.2. The van der Waals surface area contributed by atoms with Crippen LogP contribution in [0, 0.1) is 18.7 Å². The minimum Gasteiger partial charge on any atom is -0.509 e. The third-order valence-electron chi connectivity index (χ3n) is 5.63. The van der Waals surface area contributed by atoms with Gasteiger partial charge in [0.1, 0.15) is 5.82 Å². The van der Waals surface area contributed by atoms with Crippen molar-refractivity contribution in [1.82, 2.24) is 9.55 Å². The van der Waals surface area contributed by atoms with Gasteiger partial charge in [-0.3, -0.25) is 0 Å². The van der Waals surface area contributed by atoms with Gasteiger partial charge in [-0.1, -0.05) is 44.5 Å². The van der Waals surface area contributed by atoms with Crippen LogP contribution in [-0.2, 0) is 26.5 Å². The van der Waals surface area contributed by atoms with E-state index in [0.717, 1.165) is 22.2 Å². The zero-order chi connectivity index (χ0) is 25.9. The molecule has 0 aliphatic heterocycles. The third kappa shape index (κ3) is 6.67. The minimum absolute atomic E-state index is 0. The van der Waals surface area contributed by atoms with Crippen molar-refractivity contribution in [1.29, 1.82) is 0 Å². The van der Waals surface area contributed by atoms with Gasteiger partial charge in [0.2, 0.25) is 5.54 Å². The van der Waals surface area contributed by atoms with Crippen molar-refractivity contribution in [3.05, 3.63) is 108 Å². The number of fused-ring (bicyclic) bond motifs is 3. The van der Waals surface area contributed by atoms with Crippen LogP contribution in [0.15, 0.2) is 79.0 Å². The maximum Gasteiger partial charge on any atom is 0.224 e. The molecule has 2 aromatic heterocycles. The largest absolute Gasteiger partial charge is 0.509 e. The number of ether oxygens (including phenoxy) is 1. The summed E-state index contributed by atoms with van der Waals surface area (Å²) in [6.07, 6.45) is 1.88. The number of rotatable bonds is 3. The Hall–Kier alpha value is -3.41. The SMILES string of the molecule is CC(C)(C)c1ccnc(-n2c3[c-]c(Oc4[c-]cccc4)ccc3c3ccccc32)c1.[C-]#[N+]C(C)(C)C.[Pt]. The first-order valence-electron chi connectivity index (χ1n) is 12.0. The van der Waals surface area contributed by atoms with E-state index in [4.69, 9.17) is 16.3 Å². The standard InChI is InChI=1S/C27H22N2O.C5H9N.Pt/c1-27(2,3)19-15-16-28-26(17-19)29-24-12-8-7-11-22(24)23-14-13-21(18-25(23)29)30-20-9-5-4-6-10-20;1-5(2,3)6-4;/h4-9,11-17H,1-3H3;1-3H3;/q-2;;. The van der Waals surface area contributed by atoms with Crippen molar-refractivity contribution in [2.45, 2.75) is 52.5 Å². The molecular weight excluding hydrogens is 637 g/mol. The summed E-state index contributed by atoms with van der Waals surface area (Å²) < 4.78 is 8.17. The zero-order valence-corrected chi connectivity index (χ0v) is 24.3. The molecule has 0 aliphatic rings. The molecule has 5 rings (SSSR count). The van der Waals surface area contributed by atoms with Crippen LogP contribution in [0.4, 0.5) is 0 Å². The van der Waals surface area contributed by atoms with Crippen LogP contribution < -0.4 is 4.74 Å². The zero-order valence-electron chi connectivity index (χ0n) is 22.1. The Morgan fingerprint density at radius 1 is 0.865 bits per heavy atom. The second kappa shape index (κ2) is 11.3. The molecule has 0 radical (unpaired) electrons. The molecule has 0 aliphatic carbocycles. The first-order valence-corrected chi connectivity index (χ1v) is 12.0. The molecule has 0 unspecified atom stereocenters. The topological polar surface area (TPSA) is 31.4 Å². The number of aromatic nitrogens is 2. The van der Waals surface area contributed by atoms with Gasteiger partial charge < -0.3 is 14.1 Å². The Kier molecular flexibility index (Phi) is 8.62. The van der Waals surface area contributed by atoms with E-state index in [1.165, 1.54) is 10.9 Å². The quantitative estimate of drug-likeness (QED) is 0.181. The van der Waals surface area contributed by atoms with E-state index in [9.17, 15) is 0 Å². The first-order chi connectivity index (χ1) is 17.1. The molecule has 0 atom stereocenters. The molecule has 0 spiro atoms. The molecule has 0 bridgehead atoms. The predicted molar refractivity (Wildman–Crippen MR) is 148 cm³/mol. The second-order valence-corrected chi connectivity index (χ2v) is 10.7. The van der Waals surface area contributed by atoms with Crippen LogP contribution in [0.2, 0.25) is 0 Å². The number of benzene rings is 3. The Morgan fingerprint density at radius 2 is 1.57 bits per heavy atom. The summed E-state index contributed by atoms with van der Waals surface area (Å²) in [5, 5.41) is 2.29. The van der Waals surface area contributed by atoms with Crippen molar-refractivity contribution >= 4 is 21.8 Å². The maximum atomic E-state index is 6.48. The van der Waals surface area contributed by atoms with Crippen molar-refractivity contribution in [3.63, 3.8) is 0 Å². The molecule has 0 saturated carbocycles. The summed E-state index contributed by atoms with van der Waals surface area (Å²) in [6.45, 7) is 18.8. The van der Waals surface area contributed by atoms with E-state index in [-0.39, 0.29) is 32.0 Å². The Labute approximate surface area is 234 Å². The molecule has 5 heteroatoms. The van der Waals surface area contributed by atoms with Gasteiger partial charge in [-0.15, -0.1) is 29.7 Å². The van der Waals surface area contributed by atoms with E-state index in [1.807, 2.05) is 57.3 Å². The van der Waals surface area contributed by atoms with E-state index in [1.54, 1.807) is 0 Å². The molecule has 0 fully saturated rings. The molecule has 4 nitrogen and oxygen atoms in total. The number of hydrogen-bond acceptors (Lipinski definition) is 2. The fourth-order valence-electron chi connectivity index (χ4n) is 3.74. The predicted octanol–water partition coefficient (Wildman–Crippen LogP) is 8.57. The summed E-state index contributed by atoms with van der Waals surface area (Å²) in [7, 11) is 0. The van der Waals surface area contributed by atoms with E-state index >= 15 is 0 Å². The van der Waals surface area contributed by atoms with E-state index < -0.39 is 0 Å². The third-order valence-corrected chi connectivity index (χ3v) is 5.63. The number of nitrogens with zero attached hydrogens (tertiary/aromatic N) is 3. The summed E-state index contributed by atoms with van der Waals surface area (Å²) in [5.41, 5.74) is 3.16. The Bertz CT molecular complexity index is 1530. The molecule has 2 heterocycles. The van der Waals surface area contributed by atoms with Gasteiger partial charge in [0.15, 0.2) is 0 Å². The van der Waals surface area contributed by atoms with Crippen LogP contribution in [0.25, 0.3) is 32.5 Å². The van der Waals surface area contributed by atoms with Crippen LogP contribution >= 0.6 is 0 Å². The van der Waals surface area contributed by atoms with Crippen LogP contribution in [0.5, 0.6) is 11.5 Å². The average molecular weight is 669 g/mol. The van der Waals surface area contributed by atoms with Crippen molar-refractivity contribution in [2.75, 3.05) is 0 Å². The van der Waals surface area contributed by atoms with Crippen LogP contribution in [0.3, 0.4) is 0 Å². The van der Waals surface area contributed by atoms with Crippen molar-refractivity contribution in [2.24, 2.45) is 0 Å². The van der Waals surface area contributed by atoms with Gasteiger partial charge in [-0.25, -0.2) is 11.6 Å². The minimum atomic E-state index is -0.167. The van der Waals surface area contributed by atoms with Gasteiger partial charge in [0.05, 0.1) is 0 Å². The molecule has 5 aromatic rings. The number of pyridine rings is 1. The smallest absolute Gasteiger partial charge is 0.224 e. The Balaban J connectivity index is 0.000000489. The Morgan fingerprint density at radius 3 is 2.22 bits per heavy atom. The number of para-hydroxylation sites is 2. The van der Waals surface area contributed by atoms with Gasteiger partial charge in [-0.05, 0) is 34.6 Å². The van der Waals surface area contributed by atoms with Gasteiger partial charge in [-0.2, -0.15) is 24.3 Å². The van der Waals surface area contributed by atoms with Gasteiger partial charge in [0, 0.05) is 65.0 Å². The molecule has 3 aromatic carbocycles. The molecular formula is C32H31N3OPt-2. The van der Waals surface area contributed by atoms with E-state index in [2.05, 4.69) is 84.8 Å². The molecule has 37 heavy (non-hydrogen) atoms. The van der Waals surface area contributed by atoms with Gasteiger partial charge >= 0.3 is 0 Å². The van der Waals surface area contributed by atoms with E-state index in [0.29, 0.717) is 11.5 Å². The van der Waals surface area contributed by atoms with Gasteiger partial charge in [0.25, 0.3) is 0 Å². The summed E-state index contributed by atoms with van der Waals surface area (Å²) in [6, 6.07) is 30.8. The normalized spacial score (nSPS) is 11.3. The molecule has 192 valence electrons. The average Bonchev–Trinajstić information content (AvgIpc) is 3.18. The number of hydrogen-bond donors (Lipinski definition) is 0. The van der Waals surface area contributed by atoms with Crippen LogP contribution in [-0.4, -0.2) is 15.1 Å². The fraction of sp³-hybridized carbons (Fsp3) is 0.250. The molecule has 0 N–H and O–H groups in total. The van der Waals surface area contributed by atoms with Crippen molar-refractivity contribution in [3.8, 4) is 17.3 Å². The molecule has 0 amide bonds.